The monoisotopic (exact) mass is 331 g/mol. The number of morpholine rings is 1. The predicted octanol–water partition coefficient (Wildman–Crippen LogP) is 3.83. The van der Waals surface area contributed by atoms with Gasteiger partial charge < -0.3 is 4.74 Å². The number of benzene rings is 1. The second-order valence-electron chi connectivity index (χ2n) is 6.25. The smallest absolute Gasteiger partial charge is 0.130 e. The molecule has 1 aliphatic rings. The molecular formula is C18H22ClN3O. The van der Waals surface area contributed by atoms with Gasteiger partial charge in [0.1, 0.15) is 5.82 Å². The normalized spacial score (nSPS) is 19.2. The number of nitrogens with zero attached hydrogens (tertiary/aromatic N) is 3. The minimum absolute atomic E-state index is 0.0943. The van der Waals surface area contributed by atoms with Crippen LogP contribution in [-0.2, 0) is 11.3 Å². The van der Waals surface area contributed by atoms with Gasteiger partial charge in [-0.15, -0.1) is 0 Å². The Balaban J connectivity index is 1.63. The van der Waals surface area contributed by atoms with Gasteiger partial charge in [0.2, 0.25) is 0 Å². The van der Waals surface area contributed by atoms with Crippen molar-refractivity contribution in [2.24, 2.45) is 0 Å². The molecule has 1 aromatic heterocycles. The number of rotatable bonds is 4. The fourth-order valence-electron chi connectivity index (χ4n) is 2.73. The third-order valence-corrected chi connectivity index (χ3v) is 4.29. The summed E-state index contributed by atoms with van der Waals surface area (Å²) in [5.74, 6) is 1.26. The molecule has 1 aromatic carbocycles. The lowest BCUT2D eigenvalue weighted by Gasteiger charge is -2.33. The molecule has 0 amide bonds. The highest BCUT2D eigenvalue weighted by Crippen LogP contribution is 2.24. The van der Waals surface area contributed by atoms with Gasteiger partial charge >= 0.3 is 0 Å². The van der Waals surface area contributed by atoms with Gasteiger partial charge in [0, 0.05) is 48.5 Å². The van der Waals surface area contributed by atoms with E-state index in [1.807, 2.05) is 36.7 Å². The SMILES string of the molecule is CC(C)c1ncc(CN2CCO[C@H](c3ccc(Cl)cc3)C2)cn1. The van der Waals surface area contributed by atoms with Gasteiger partial charge in [0.15, 0.2) is 0 Å². The number of hydrogen-bond donors (Lipinski definition) is 0. The summed E-state index contributed by atoms with van der Waals surface area (Å²) in [6, 6.07) is 7.91. The number of halogens is 1. The quantitative estimate of drug-likeness (QED) is 0.853. The Morgan fingerprint density at radius 2 is 1.91 bits per heavy atom. The van der Waals surface area contributed by atoms with Crippen molar-refractivity contribution in [2.45, 2.75) is 32.4 Å². The van der Waals surface area contributed by atoms with Crippen LogP contribution in [-0.4, -0.2) is 34.6 Å². The van der Waals surface area contributed by atoms with Crippen LogP contribution in [0.4, 0.5) is 0 Å². The molecular weight excluding hydrogens is 310 g/mol. The van der Waals surface area contributed by atoms with Crippen LogP contribution in [0, 0.1) is 0 Å². The Labute approximate surface area is 142 Å². The zero-order valence-electron chi connectivity index (χ0n) is 13.6. The molecule has 4 nitrogen and oxygen atoms in total. The molecule has 1 aliphatic heterocycles. The van der Waals surface area contributed by atoms with Gasteiger partial charge in [-0.25, -0.2) is 9.97 Å². The van der Waals surface area contributed by atoms with Crippen LogP contribution >= 0.6 is 11.6 Å². The molecule has 122 valence electrons. The summed E-state index contributed by atoms with van der Waals surface area (Å²) in [5.41, 5.74) is 2.32. The molecule has 0 unspecified atom stereocenters. The van der Waals surface area contributed by atoms with Crippen molar-refractivity contribution in [2.75, 3.05) is 19.7 Å². The molecule has 0 saturated carbocycles. The Bertz CT molecular complexity index is 628. The van der Waals surface area contributed by atoms with E-state index in [2.05, 4.69) is 28.7 Å². The largest absolute Gasteiger partial charge is 0.371 e. The molecule has 2 heterocycles. The van der Waals surface area contributed by atoms with E-state index in [9.17, 15) is 0 Å². The predicted molar refractivity (Wildman–Crippen MR) is 91.5 cm³/mol. The lowest BCUT2D eigenvalue weighted by molar-refractivity contribution is -0.0329. The average molecular weight is 332 g/mol. The number of aromatic nitrogens is 2. The van der Waals surface area contributed by atoms with Gasteiger partial charge in [-0.1, -0.05) is 37.6 Å². The van der Waals surface area contributed by atoms with Gasteiger partial charge in [-0.3, -0.25) is 4.90 Å². The van der Waals surface area contributed by atoms with Gasteiger partial charge in [0.25, 0.3) is 0 Å². The molecule has 1 fully saturated rings. The van der Waals surface area contributed by atoms with E-state index >= 15 is 0 Å². The highest BCUT2D eigenvalue weighted by molar-refractivity contribution is 6.30. The summed E-state index contributed by atoms with van der Waals surface area (Å²) in [6.45, 7) is 7.59. The molecule has 0 bridgehead atoms. The maximum atomic E-state index is 5.96. The maximum absolute atomic E-state index is 5.96. The third-order valence-electron chi connectivity index (χ3n) is 4.04. The second-order valence-corrected chi connectivity index (χ2v) is 6.69. The van der Waals surface area contributed by atoms with E-state index in [4.69, 9.17) is 16.3 Å². The van der Waals surface area contributed by atoms with Crippen molar-refractivity contribution in [3.8, 4) is 0 Å². The number of hydrogen-bond acceptors (Lipinski definition) is 4. The highest BCUT2D eigenvalue weighted by atomic mass is 35.5. The summed E-state index contributed by atoms with van der Waals surface area (Å²) in [7, 11) is 0. The van der Waals surface area contributed by atoms with E-state index in [-0.39, 0.29) is 6.10 Å². The Morgan fingerprint density at radius 3 is 2.57 bits per heavy atom. The van der Waals surface area contributed by atoms with Crippen molar-refractivity contribution < 1.29 is 4.74 Å². The summed E-state index contributed by atoms with van der Waals surface area (Å²) >= 11 is 5.96. The molecule has 0 N–H and O–H groups in total. The molecule has 5 heteroatoms. The standard InChI is InChI=1S/C18H22ClN3O/c1-13(2)18-20-9-14(10-21-18)11-22-7-8-23-17(12-22)15-3-5-16(19)6-4-15/h3-6,9-10,13,17H,7-8,11-12H2,1-2H3/t17-/m0/s1. The van der Waals surface area contributed by atoms with Crippen molar-refractivity contribution in [1.82, 2.24) is 14.9 Å². The molecule has 1 atom stereocenters. The van der Waals surface area contributed by atoms with Crippen LogP contribution in [0.3, 0.4) is 0 Å². The minimum Gasteiger partial charge on any atom is -0.371 e. The molecule has 1 saturated heterocycles. The van der Waals surface area contributed by atoms with Crippen LogP contribution in [0.15, 0.2) is 36.7 Å². The van der Waals surface area contributed by atoms with Gasteiger partial charge in [0.05, 0.1) is 12.7 Å². The Morgan fingerprint density at radius 1 is 1.22 bits per heavy atom. The van der Waals surface area contributed by atoms with Crippen LogP contribution < -0.4 is 0 Å². The Hall–Kier alpha value is -1.49. The summed E-state index contributed by atoms with van der Waals surface area (Å²) in [5, 5.41) is 0.754. The lowest BCUT2D eigenvalue weighted by atomic mass is 10.1. The van der Waals surface area contributed by atoms with Crippen LogP contribution in [0.1, 0.15) is 42.8 Å². The maximum Gasteiger partial charge on any atom is 0.130 e. The van der Waals surface area contributed by atoms with E-state index in [0.717, 1.165) is 42.7 Å². The van der Waals surface area contributed by atoms with Crippen molar-refractivity contribution >= 4 is 11.6 Å². The lowest BCUT2D eigenvalue weighted by Crippen LogP contribution is -2.37. The third kappa shape index (κ3) is 4.28. The van der Waals surface area contributed by atoms with E-state index in [0.29, 0.717) is 5.92 Å². The molecule has 0 aliphatic carbocycles. The molecule has 3 rings (SSSR count). The van der Waals surface area contributed by atoms with E-state index in [1.165, 1.54) is 5.56 Å². The van der Waals surface area contributed by atoms with Crippen LogP contribution in [0.2, 0.25) is 5.02 Å². The van der Waals surface area contributed by atoms with Crippen molar-refractivity contribution in [3.05, 3.63) is 58.6 Å². The topological polar surface area (TPSA) is 38.2 Å². The first-order chi connectivity index (χ1) is 11.1. The zero-order chi connectivity index (χ0) is 16.2. The summed E-state index contributed by atoms with van der Waals surface area (Å²) in [4.78, 5) is 11.3. The minimum atomic E-state index is 0.0943. The molecule has 2 aromatic rings. The fourth-order valence-corrected chi connectivity index (χ4v) is 2.85. The summed E-state index contributed by atoms with van der Waals surface area (Å²) in [6.07, 6.45) is 3.97. The van der Waals surface area contributed by atoms with E-state index in [1.54, 1.807) is 0 Å². The Kier molecular flexibility index (Phi) is 5.26. The second kappa shape index (κ2) is 7.39. The van der Waals surface area contributed by atoms with Crippen LogP contribution in [0.25, 0.3) is 0 Å². The fraction of sp³-hybridized carbons (Fsp3) is 0.444. The van der Waals surface area contributed by atoms with Crippen LogP contribution in [0.5, 0.6) is 0 Å². The molecule has 23 heavy (non-hydrogen) atoms. The van der Waals surface area contributed by atoms with Gasteiger partial charge in [-0.05, 0) is 17.7 Å². The van der Waals surface area contributed by atoms with Crippen molar-refractivity contribution in [1.29, 1.82) is 0 Å². The first kappa shape index (κ1) is 16.4. The first-order valence-electron chi connectivity index (χ1n) is 8.02. The molecule has 0 radical (unpaired) electrons. The first-order valence-corrected chi connectivity index (χ1v) is 8.40. The zero-order valence-corrected chi connectivity index (χ0v) is 14.3. The molecule has 0 spiro atoms. The average Bonchev–Trinajstić information content (AvgIpc) is 2.56. The van der Waals surface area contributed by atoms with Gasteiger partial charge in [-0.2, -0.15) is 0 Å². The number of ether oxygens (including phenoxy) is 1. The summed E-state index contributed by atoms with van der Waals surface area (Å²) < 4.78 is 5.91. The highest BCUT2D eigenvalue weighted by Gasteiger charge is 2.22. The van der Waals surface area contributed by atoms with E-state index < -0.39 is 0 Å². The van der Waals surface area contributed by atoms with Crippen molar-refractivity contribution in [3.63, 3.8) is 0 Å².